The van der Waals surface area contributed by atoms with Crippen molar-refractivity contribution in [1.29, 1.82) is 0 Å². The van der Waals surface area contributed by atoms with Crippen molar-refractivity contribution in [3.63, 3.8) is 0 Å². The largest absolute Gasteiger partial charge is 0.385 e. The molecular formula is C16H24N2O. The minimum absolute atomic E-state index is 0.243. The normalized spacial score (nSPS) is 13.0. The number of para-hydroxylation sites is 1. The van der Waals surface area contributed by atoms with Gasteiger partial charge in [-0.1, -0.05) is 25.1 Å². The molecule has 0 aliphatic heterocycles. The first kappa shape index (κ1) is 14.1. The monoisotopic (exact) mass is 260 g/mol. The van der Waals surface area contributed by atoms with Crippen molar-refractivity contribution in [2.24, 2.45) is 5.73 Å². The molecule has 0 fully saturated rings. The highest BCUT2D eigenvalue weighted by Crippen LogP contribution is 2.22. The van der Waals surface area contributed by atoms with E-state index in [1.165, 1.54) is 16.5 Å². The highest BCUT2D eigenvalue weighted by atomic mass is 16.5. The first-order valence-electron chi connectivity index (χ1n) is 7.07. The zero-order valence-electron chi connectivity index (χ0n) is 11.9. The van der Waals surface area contributed by atoms with Gasteiger partial charge in [0.15, 0.2) is 0 Å². The van der Waals surface area contributed by atoms with E-state index in [1.807, 2.05) is 0 Å². The summed E-state index contributed by atoms with van der Waals surface area (Å²) in [5, 5.41) is 1.30. The maximum absolute atomic E-state index is 6.11. The molecule has 19 heavy (non-hydrogen) atoms. The third kappa shape index (κ3) is 3.37. The second kappa shape index (κ2) is 6.73. The minimum atomic E-state index is 0.243. The number of rotatable bonds is 7. The molecule has 1 heterocycles. The zero-order valence-corrected chi connectivity index (χ0v) is 11.9. The molecule has 1 aromatic carbocycles. The van der Waals surface area contributed by atoms with Crippen molar-refractivity contribution in [3.05, 3.63) is 36.0 Å². The molecule has 1 atom stereocenters. The van der Waals surface area contributed by atoms with Crippen LogP contribution < -0.4 is 5.73 Å². The van der Waals surface area contributed by atoms with Crippen LogP contribution in [-0.2, 0) is 17.7 Å². The van der Waals surface area contributed by atoms with Gasteiger partial charge in [-0.15, -0.1) is 0 Å². The van der Waals surface area contributed by atoms with Crippen LogP contribution in [0.1, 0.15) is 25.3 Å². The first-order chi connectivity index (χ1) is 9.26. The van der Waals surface area contributed by atoms with E-state index in [2.05, 4.69) is 42.0 Å². The van der Waals surface area contributed by atoms with Crippen LogP contribution in [0.3, 0.4) is 0 Å². The molecule has 1 unspecified atom stereocenters. The van der Waals surface area contributed by atoms with Gasteiger partial charge in [-0.05, 0) is 36.3 Å². The van der Waals surface area contributed by atoms with E-state index < -0.39 is 0 Å². The number of methoxy groups -OCH3 is 1. The highest BCUT2D eigenvalue weighted by Gasteiger charge is 2.09. The third-order valence-corrected chi connectivity index (χ3v) is 3.63. The smallest absolute Gasteiger partial charge is 0.0513 e. The van der Waals surface area contributed by atoms with Crippen molar-refractivity contribution in [1.82, 2.24) is 4.57 Å². The molecule has 3 nitrogen and oxygen atoms in total. The van der Waals surface area contributed by atoms with Crippen molar-refractivity contribution in [2.75, 3.05) is 13.7 Å². The molecule has 2 aromatic rings. The second-order valence-electron chi connectivity index (χ2n) is 5.08. The number of ether oxygens (including phenoxy) is 1. The van der Waals surface area contributed by atoms with Gasteiger partial charge in [0.05, 0.1) is 5.52 Å². The standard InChI is InChI=1S/C16H24N2O/c1-3-15(17)12-14-7-4-6-13-8-10-18(16(13)14)9-5-11-19-2/h4,6-8,10,15H,3,5,9,11-12,17H2,1-2H3. The Balaban J connectivity index is 2.27. The van der Waals surface area contributed by atoms with Gasteiger partial charge in [-0.25, -0.2) is 0 Å². The molecule has 0 bridgehead atoms. The lowest BCUT2D eigenvalue weighted by atomic mass is 10.0. The Kier molecular flexibility index (Phi) is 5.00. The van der Waals surface area contributed by atoms with Crippen molar-refractivity contribution in [3.8, 4) is 0 Å². The van der Waals surface area contributed by atoms with E-state index in [9.17, 15) is 0 Å². The molecule has 0 amide bonds. The van der Waals surface area contributed by atoms with Crippen LogP contribution in [0.5, 0.6) is 0 Å². The fourth-order valence-electron chi connectivity index (χ4n) is 2.50. The molecule has 2 N–H and O–H groups in total. The first-order valence-corrected chi connectivity index (χ1v) is 7.07. The number of benzene rings is 1. The third-order valence-electron chi connectivity index (χ3n) is 3.63. The second-order valence-corrected chi connectivity index (χ2v) is 5.08. The Labute approximate surface area is 115 Å². The Morgan fingerprint density at radius 1 is 1.32 bits per heavy atom. The lowest BCUT2D eigenvalue weighted by Gasteiger charge is -2.13. The number of nitrogens with two attached hydrogens (primary N) is 1. The van der Waals surface area contributed by atoms with Gasteiger partial charge < -0.3 is 15.0 Å². The number of aromatic nitrogens is 1. The molecule has 2 rings (SSSR count). The van der Waals surface area contributed by atoms with Gasteiger partial charge in [0, 0.05) is 32.5 Å². The summed E-state index contributed by atoms with van der Waals surface area (Å²) in [5.74, 6) is 0. The molecule has 1 aromatic heterocycles. The number of fused-ring (bicyclic) bond motifs is 1. The van der Waals surface area contributed by atoms with Crippen LogP contribution in [0.2, 0.25) is 0 Å². The predicted octanol–water partition coefficient (Wildman–Crippen LogP) is 2.96. The van der Waals surface area contributed by atoms with E-state index in [0.29, 0.717) is 0 Å². The average molecular weight is 260 g/mol. The summed E-state index contributed by atoms with van der Waals surface area (Å²) < 4.78 is 7.46. The fourth-order valence-corrected chi connectivity index (χ4v) is 2.50. The minimum Gasteiger partial charge on any atom is -0.385 e. The van der Waals surface area contributed by atoms with E-state index in [0.717, 1.165) is 32.4 Å². The molecule has 3 heteroatoms. The lowest BCUT2D eigenvalue weighted by Crippen LogP contribution is -2.21. The average Bonchev–Trinajstić information content (AvgIpc) is 2.83. The summed E-state index contributed by atoms with van der Waals surface area (Å²) in [4.78, 5) is 0. The molecule has 0 aliphatic carbocycles. The van der Waals surface area contributed by atoms with Crippen LogP contribution in [0.4, 0.5) is 0 Å². The van der Waals surface area contributed by atoms with E-state index >= 15 is 0 Å². The van der Waals surface area contributed by atoms with Gasteiger partial charge in [-0.3, -0.25) is 0 Å². The summed E-state index contributed by atoms with van der Waals surface area (Å²) >= 11 is 0. The molecule has 104 valence electrons. The molecule has 0 spiro atoms. The van der Waals surface area contributed by atoms with E-state index in [1.54, 1.807) is 7.11 Å². The van der Waals surface area contributed by atoms with Crippen molar-refractivity contribution >= 4 is 10.9 Å². The van der Waals surface area contributed by atoms with Crippen LogP contribution in [-0.4, -0.2) is 24.3 Å². The summed E-state index contributed by atoms with van der Waals surface area (Å²) in [6.07, 6.45) is 5.17. The van der Waals surface area contributed by atoms with E-state index in [4.69, 9.17) is 10.5 Å². The quantitative estimate of drug-likeness (QED) is 0.777. The van der Waals surface area contributed by atoms with Gasteiger partial charge in [0.25, 0.3) is 0 Å². The summed E-state index contributed by atoms with van der Waals surface area (Å²) in [5.41, 5.74) is 8.80. The Morgan fingerprint density at radius 3 is 2.89 bits per heavy atom. The highest BCUT2D eigenvalue weighted by molar-refractivity contribution is 5.83. The molecule has 0 saturated carbocycles. The topological polar surface area (TPSA) is 40.2 Å². The number of hydrogen-bond acceptors (Lipinski definition) is 2. The summed E-state index contributed by atoms with van der Waals surface area (Å²) in [6, 6.07) is 8.92. The van der Waals surface area contributed by atoms with Gasteiger partial charge in [-0.2, -0.15) is 0 Å². The maximum atomic E-state index is 6.11. The van der Waals surface area contributed by atoms with Gasteiger partial charge >= 0.3 is 0 Å². The van der Waals surface area contributed by atoms with Crippen molar-refractivity contribution in [2.45, 2.75) is 38.8 Å². The van der Waals surface area contributed by atoms with Crippen LogP contribution >= 0.6 is 0 Å². The summed E-state index contributed by atoms with van der Waals surface area (Å²) in [6.45, 7) is 3.94. The van der Waals surface area contributed by atoms with Crippen LogP contribution in [0.15, 0.2) is 30.5 Å². The SMILES string of the molecule is CCC(N)Cc1cccc2ccn(CCCOC)c12. The fraction of sp³-hybridized carbons (Fsp3) is 0.500. The molecule has 0 radical (unpaired) electrons. The van der Waals surface area contributed by atoms with Crippen LogP contribution in [0.25, 0.3) is 10.9 Å². The Morgan fingerprint density at radius 2 is 2.16 bits per heavy atom. The predicted molar refractivity (Wildman–Crippen MR) is 80.4 cm³/mol. The Bertz CT molecular complexity index is 518. The number of nitrogens with zero attached hydrogens (tertiary/aromatic N) is 1. The molecular weight excluding hydrogens is 236 g/mol. The lowest BCUT2D eigenvalue weighted by molar-refractivity contribution is 0.190. The van der Waals surface area contributed by atoms with E-state index in [-0.39, 0.29) is 6.04 Å². The Hall–Kier alpha value is -1.32. The number of hydrogen-bond donors (Lipinski definition) is 1. The zero-order chi connectivity index (χ0) is 13.7. The molecule has 0 saturated heterocycles. The molecule has 0 aliphatic rings. The van der Waals surface area contributed by atoms with Crippen molar-refractivity contribution < 1.29 is 4.74 Å². The van der Waals surface area contributed by atoms with Gasteiger partial charge in [0.1, 0.15) is 0 Å². The van der Waals surface area contributed by atoms with Crippen LogP contribution in [0, 0.1) is 0 Å². The summed E-state index contributed by atoms with van der Waals surface area (Å²) in [7, 11) is 1.75. The maximum Gasteiger partial charge on any atom is 0.0513 e. The number of aryl methyl sites for hydroxylation is 1. The van der Waals surface area contributed by atoms with Gasteiger partial charge in [0.2, 0.25) is 0 Å².